The first-order valence-corrected chi connectivity index (χ1v) is 16.2. The highest BCUT2D eigenvalue weighted by molar-refractivity contribution is 5.87. The van der Waals surface area contributed by atoms with Gasteiger partial charge in [-0.25, -0.2) is 0 Å². The molecular weight excluding hydrogens is 536 g/mol. The van der Waals surface area contributed by atoms with E-state index in [4.69, 9.17) is 14.2 Å². The van der Waals surface area contributed by atoms with E-state index in [9.17, 15) is 24.9 Å². The molecule has 0 bridgehead atoms. The topological polar surface area (TPSA) is 123 Å². The summed E-state index contributed by atoms with van der Waals surface area (Å²) in [6.45, 7) is 12.0. The lowest BCUT2D eigenvalue weighted by atomic mass is 9.71. The molecule has 1 fully saturated rings. The molecule has 0 aromatic heterocycles. The molecule has 6 atom stereocenters. The van der Waals surface area contributed by atoms with Gasteiger partial charge in [-0.2, -0.15) is 0 Å². The Hall–Kier alpha value is -1.58. The van der Waals surface area contributed by atoms with E-state index < -0.39 is 30.7 Å². The lowest BCUT2D eigenvalue weighted by molar-refractivity contribution is -0.313. The maximum absolute atomic E-state index is 12.3. The van der Waals surface area contributed by atoms with Crippen LogP contribution in [0.2, 0.25) is 0 Å². The molecule has 0 aromatic carbocycles. The first-order chi connectivity index (χ1) is 19.8. The Morgan fingerprint density at radius 3 is 2.12 bits per heavy atom. The molecule has 242 valence electrons. The van der Waals surface area contributed by atoms with Crippen LogP contribution in [0.4, 0.5) is 0 Å². The maximum Gasteiger partial charge on any atom is 0.305 e. The summed E-state index contributed by atoms with van der Waals surface area (Å²) in [5.41, 5.74) is 1.87. The molecule has 2 rings (SSSR count). The van der Waals surface area contributed by atoms with Crippen LogP contribution in [0.1, 0.15) is 125 Å². The number of unbranched alkanes of at least 4 members (excludes halogenated alkanes) is 8. The molecule has 0 radical (unpaired) electrons. The number of aliphatic hydroxyl groups excluding tert-OH is 3. The predicted molar refractivity (Wildman–Crippen MR) is 164 cm³/mol. The number of allylic oxidation sites excluding steroid dienone is 3. The van der Waals surface area contributed by atoms with Gasteiger partial charge in [0.25, 0.3) is 0 Å². The summed E-state index contributed by atoms with van der Waals surface area (Å²) in [6, 6.07) is 0. The van der Waals surface area contributed by atoms with Gasteiger partial charge in [0.2, 0.25) is 0 Å². The summed E-state index contributed by atoms with van der Waals surface area (Å²) in [7, 11) is 0. The van der Waals surface area contributed by atoms with Crippen molar-refractivity contribution in [2.75, 3.05) is 6.61 Å². The van der Waals surface area contributed by atoms with Crippen LogP contribution < -0.4 is 0 Å². The third-order valence-corrected chi connectivity index (χ3v) is 8.51. The zero-order valence-corrected chi connectivity index (χ0v) is 27.0. The minimum atomic E-state index is -1.50. The lowest BCUT2D eigenvalue weighted by Crippen LogP contribution is -2.60. The third kappa shape index (κ3) is 12.6. The number of aliphatic hydroxyl groups is 3. The van der Waals surface area contributed by atoms with E-state index in [1.165, 1.54) is 51.9 Å². The van der Waals surface area contributed by atoms with Crippen molar-refractivity contribution in [2.45, 2.75) is 162 Å². The van der Waals surface area contributed by atoms with Crippen LogP contribution >= 0.6 is 0 Å². The van der Waals surface area contributed by atoms with E-state index in [1.54, 1.807) is 6.08 Å². The van der Waals surface area contributed by atoms with E-state index in [0.717, 1.165) is 36.3 Å². The van der Waals surface area contributed by atoms with Crippen molar-refractivity contribution in [3.63, 3.8) is 0 Å². The van der Waals surface area contributed by atoms with E-state index in [-0.39, 0.29) is 29.9 Å². The van der Waals surface area contributed by atoms with Gasteiger partial charge in [-0.15, -0.1) is 0 Å². The molecule has 1 aliphatic carbocycles. The molecule has 8 nitrogen and oxygen atoms in total. The van der Waals surface area contributed by atoms with Crippen molar-refractivity contribution in [2.24, 2.45) is 11.3 Å². The normalized spacial score (nSPS) is 28.0. The third-order valence-electron chi connectivity index (χ3n) is 8.51. The van der Waals surface area contributed by atoms with Crippen molar-refractivity contribution in [3.05, 3.63) is 23.3 Å². The first-order valence-electron chi connectivity index (χ1n) is 16.2. The fraction of sp³-hybridized carbons (Fsp3) is 0.824. The number of esters is 1. The second-order valence-electron chi connectivity index (χ2n) is 13.5. The first kappa shape index (κ1) is 36.6. The Morgan fingerprint density at radius 1 is 0.952 bits per heavy atom. The standard InChI is InChI=1S/C34H58O8/c1-23(2)16-14-12-10-8-7-9-11-13-15-17-29(36)40-22-28-30(37)31(38)32(39)33(42-28)41-26-20-24(3)27(19-18-25(4)35)34(5,6)21-26/h18-19,23,26,28,30-33,37-39H,7-17,20-22H2,1-6H3/b19-18+/t26-,28-,30-,31+,32-,33-/m1/s1. The van der Waals surface area contributed by atoms with Crippen molar-refractivity contribution in [3.8, 4) is 0 Å². The molecule has 3 N–H and O–H groups in total. The highest BCUT2D eigenvalue weighted by Crippen LogP contribution is 2.42. The summed E-state index contributed by atoms with van der Waals surface area (Å²) < 4.78 is 17.3. The molecule has 8 heteroatoms. The SMILES string of the molecule is CC(=O)/C=C/C1=C(C)C[C@@H](O[C@@H]2O[C@H](COC(=O)CCCCCCCCCCCC(C)C)[C@@H](O)[C@H](O)[C@H]2O)CC1(C)C. The summed E-state index contributed by atoms with van der Waals surface area (Å²) in [6.07, 6.45) is 9.89. The smallest absolute Gasteiger partial charge is 0.305 e. The predicted octanol–water partition coefficient (Wildman–Crippen LogP) is 5.95. The van der Waals surface area contributed by atoms with Gasteiger partial charge in [0, 0.05) is 6.42 Å². The molecule has 0 saturated carbocycles. The fourth-order valence-corrected chi connectivity index (χ4v) is 6.11. The highest BCUT2D eigenvalue weighted by Gasteiger charge is 2.46. The zero-order valence-electron chi connectivity index (χ0n) is 27.0. The molecule has 1 aliphatic heterocycles. The number of rotatable bonds is 18. The van der Waals surface area contributed by atoms with Crippen LogP contribution in [-0.4, -0.2) is 70.5 Å². The number of hydrogen-bond acceptors (Lipinski definition) is 8. The van der Waals surface area contributed by atoms with Gasteiger partial charge in [0.1, 0.15) is 31.0 Å². The van der Waals surface area contributed by atoms with E-state index in [0.29, 0.717) is 19.3 Å². The summed E-state index contributed by atoms with van der Waals surface area (Å²) >= 11 is 0. The van der Waals surface area contributed by atoms with Gasteiger partial charge in [-0.1, -0.05) is 97.1 Å². The van der Waals surface area contributed by atoms with Gasteiger partial charge < -0.3 is 29.5 Å². The van der Waals surface area contributed by atoms with Crippen molar-refractivity contribution in [1.29, 1.82) is 0 Å². The van der Waals surface area contributed by atoms with Gasteiger partial charge in [0.15, 0.2) is 12.1 Å². The maximum atomic E-state index is 12.3. The number of carbonyl (C=O) groups is 2. The van der Waals surface area contributed by atoms with Crippen LogP contribution in [0.15, 0.2) is 23.3 Å². The number of hydrogen-bond donors (Lipinski definition) is 3. The fourth-order valence-electron chi connectivity index (χ4n) is 6.11. The van der Waals surface area contributed by atoms with Crippen LogP contribution in [0.3, 0.4) is 0 Å². The molecule has 0 aromatic rings. The monoisotopic (exact) mass is 594 g/mol. The second-order valence-corrected chi connectivity index (χ2v) is 13.5. The Kier molecular flexibility index (Phi) is 15.9. The minimum absolute atomic E-state index is 0.0175. The molecule has 0 unspecified atom stereocenters. The van der Waals surface area contributed by atoms with Crippen molar-refractivity contribution in [1.82, 2.24) is 0 Å². The van der Waals surface area contributed by atoms with Crippen LogP contribution in [-0.2, 0) is 23.8 Å². The molecule has 0 amide bonds. The average molecular weight is 595 g/mol. The Balaban J connectivity index is 1.74. The summed E-state index contributed by atoms with van der Waals surface area (Å²) in [4.78, 5) is 23.8. The molecular formula is C34H58O8. The van der Waals surface area contributed by atoms with Crippen LogP contribution in [0.25, 0.3) is 0 Å². The lowest BCUT2D eigenvalue weighted by Gasteiger charge is -2.43. The Labute approximate surface area is 253 Å². The van der Waals surface area contributed by atoms with E-state index in [1.807, 2.05) is 13.0 Å². The van der Waals surface area contributed by atoms with Crippen molar-refractivity contribution >= 4 is 11.8 Å². The van der Waals surface area contributed by atoms with E-state index in [2.05, 4.69) is 27.7 Å². The highest BCUT2D eigenvalue weighted by atomic mass is 16.7. The number of ether oxygens (including phenoxy) is 3. The number of ketones is 1. The minimum Gasteiger partial charge on any atom is -0.463 e. The van der Waals surface area contributed by atoms with Crippen LogP contribution in [0.5, 0.6) is 0 Å². The number of carbonyl (C=O) groups excluding carboxylic acids is 2. The Morgan fingerprint density at radius 2 is 1.55 bits per heavy atom. The van der Waals surface area contributed by atoms with Crippen molar-refractivity contribution < 1.29 is 39.1 Å². The van der Waals surface area contributed by atoms with Crippen LogP contribution in [0, 0.1) is 11.3 Å². The largest absolute Gasteiger partial charge is 0.463 e. The zero-order chi connectivity index (χ0) is 31.3. The van der Waals surface area contributed by atoms with Gasteiger partial charge in [-0.05, 0) is 56.1 Å². The average Bonchev–Trinajstić information content (AvgIpc) is 2.90. The molecule has 1 saturated heterocycles. The van der Waals surface area contributed by atoms with E-state index >= 15 is 0 Å². The molecule has 42 heavy (non-hydrogen) atoms. The molecule has 2 aliphatic rings. The summed E-state index contributed by atoms with van der Waals surface area (Å²) in [5.74, 6) is 0.410. The Bertz CT molecular complexity index is 892. The molecule has 0 spiro atoms. The summed E-state index contributed by atoms with van der Waals surface area (Å²) in [5, 5.41) is 31.5. The second kappa shape index (κ2) is 18.3. The van der Waals surface area contributed by atoms with Gasteiger partial charge >= 0.3 is 5.97 Å². The quantitative estimate of drug-likeness (QED) is 0.101. The molecule has 1 heterocycles. The van der Waals surface area contributed by atoms with Gasteiger partial charge in [0.05, 0.1) is 6.10 Å². The van der Waals surface area contributed by atoms with Gasteiger partial charge in [-0.3, -0.25) is 9.59 Å².